The number of amides is 2. The maximum Gasteiger partial charge on any atom is 0.252 e. The summed E-state index contributed by atoms with van der Waals surface area (Å²) in [4.78, 5) is 30.4. The van der Waals surface area contributed by atoms with Gasteiger partial charge in [0.2, 0.25) is 5.91 Å². The number of methoxy groups -OCH3 is 1. The van der Waals surface area contributed by atoms with Crippen LogP contribution in [0.3, 0.4) is 0 Å². The molecule has 0 aromatic heterocycles. The van der Waals surface area contributed by atoms with Gasteiger partial charge < -0.3 is 19.7 Å². The molecule has 1 saturated heterocycles. The summed E-state index contributed by atoms with van der Waals surface area (Å²) >= 11 is 5.84. The van der Waals surface area contributed by atoms with E-state index < -0.39 is 6.04 Å². The van der Waals surface area contributed by atoms with Crippen LogP contribution in [0.25, 0.3) is 0 Å². The first-order chi connectivity index (χ1) is 17.5. The van der Waals surface area contributed by atoms with Crippen LogP contribution in [0.1, 0.15) is 57.4 Å². The smallest absolute Gasteiger partial charge is 0.252 e. The van der Waals surface area contributed by atoms with Gasteiger partial charge in [-0.25, -0.2) is 0 Å². The third kappa shape index (κ3) is 6.16. The lowest BCUT2D eigenvalue weighted by atomic mass is 9.94. The Kier molecular flexibility index (Phi) is 8.80. The van der Waals surface area contributed by atoms with Crippen LogP contribution < -0.4 is 14.8 Å². The molecule has 1 aliphatic carbocycles. The first-order valence-electron chi connectivity index (χ1n) is 12.8. The highest BCUT2D eigenvalue weighted by Gasteiger charge is 2.46. The van der Waals surface area contributed by atoms with E-state index in [2.05, 4.69) is 12.2 Å². The molecule has 2 aliphatic rings. The molecule has 0 radical (unpaired) electrons. The minimum Gasteiger partial charge on any atom is -0.497 e. The minimum atomic E-state index is -0.631. The van der Waals surface area contributed by atoms with Crippen molar-refractivity contribution in [3.05, 3.63) is 54.1 Å². The molecular weight excluding hydrogens is 474 g/mol. The summed E-state index contributed by atoms with van der Waals surface area (Å²) in [7, 11) is 1.63. The number of hydrogen-bond acceptors (Lipinski definition) is 5. The summed E-state index contributed by atoms with van der Waals surface area (Å²) in [6.45, 7) is 3.16. The fourth-order valence-electron chi connectivity index (χ4n) is 4.88. The van der Waals surface area contributed by atoms with Gasteiger partial charge in [-0.15, -0.1) is 0 Å². The highest BCUT2D eigenvalue weighted by molar-refractivity contribution is 7.80. The summed E-state index contributed by atoms with van der Waals surface area (Å²) in [5.74, 6) is 1.24. The normalized spacial score (nSPS) is 18.4. The Bertz CT molecular complexity index is 1050. The number of anilines is 1. The fourth-order valence-corrected chi connectivity index (χ4v) is 5.31. The number of carbonyl (C=O) groups excluding carboxylic acids is 2. The van der Waals surface area contributed by atoms with Crippen LogP contribution in [0.5, 0.6) is 11.5 Å². The molecule has 7 nitrogen and oxygen atoms in total. The molecule has 192 valence electrons. The summed E-state index contributed by atoms with van der Waals surface area (Å²) in [6.07, 6.45) is 6.25. The molecule has 1 unspecified atom stereocenters. The van der Waals surface area contributed by atoms with Crippen molar-refractivity contribution in [2.45, 2.75) is 70.5 Å². The highest BCUT2D eigenvalue weighted by atomic mass is 32.1. The van der Waals surface area contributed by atoms with Crippen LogP contribution in [-0.4, -0.2) is 52.5 Å². The zero-order valence-corrected chi connectivity index (χ0v) is 21.9. The van der Waals surface area contributed by atoms with E-state index in [1.165, 1.54) is 6.42 Å². The number of rotatable bonds is 10. The number of ether oxygens (including phenoxy) is 2. The number of thiocarbonyl (C=S) groups is 1. The van der Waals surface area contributed by atoms with E-state index in [1.807, 2.05) is 53.4 Å². The first kappa shape index (κ1) is 25.9. The van der Waals surface area contributed by atoms with E-state index in [-0.39, 0.29) is 24.3 Å². The quantitative estimate of drug-likeness (QED) is 0.447. The Morgan fingerprint density at radius 2 is 1.69 bits per heavy atom. The molecule has 2 aromatic carbocycles. The van der Waals surface area contributed by atoms with Gasteiger partial charge in [-0.2, -0.15) is 0 Å². The number of nitrogens with one attached hydrogen (secondary N) is 1. The summed E-state index contributed by atoms with van der Waals surface area (Å²) in [5, 5.41) is 3.46. The van der Waals surface area contributed by atoms with Crippen LogP contribution in [-0.2, 0) is 16.1 Å². The molecule has 8 heteroatoms. The zero-order chi connectivity index (χ0) is 25.5. The third-order valence-corrected chi connectivity index (χ3v) is 7.22. The van der Waals surface area contributed by atoms with Gasteiger partial charge in [-0.3, -0.25) is 14.5 Å². The van der Waals surface area contributed by atoms with E-state index in [4.69, 9.17) is 21.7 Å². The summed E-state index contributed by atoms with van der Waals surface area (Å²) in [6, 6.07) is 14.5. The zero-order valence-electron chi connectivity index (χ0n) is 21.1. The molecule has 2 fully saturated rings. The fraction of sp³-hybridized carbons (Fsp3) is 0.464. The maximum atomic E-state index is 13.6. The van der Waals surface area contributed by atoms with Crippen LogP contribution in [0.2, 0.25) is 0 Å². The van der Waals surface area contributed by atoms with Crippen molar-refractivity contribution >= 4 is 34.8 Å². The third-order valence-electron chi connectivity index (χ3n) is 6.79. The Morgan fingerprint density at radius 3 is 2.33 bits per heavy atom. The largest absolute Gasteiger partial charge is 0.497 e. The van der Waals surface area contributed by atoms with Crippen molar-refractivity contribution in [3.63, 3.8) is 0 Å². The second-order valence-corrected chi connectivity index (χ2v) is 9.76. The molecule has 2 aromatic rings. The highest BCUT2D eigenvalue weighted by Crippen LogP contribution is 2.31. The second-order valence-electron chi connectivity index (χ2n) is 9.40. The Morgan fingerprint density at radius 1 is 1.03 bits per heavy atom. The monoisotopic (exact) mass is 509 g/mol. The average molecular weight is 510 g/mol. The lowest BCUT2D eigenvalue weighted by molar-refractivity contribution is -0.132. The molecule has 1 atom stereocenters. The molecule has 36 heavy (non-hydrogen) atoms. The topological polar surface area (TPSA) is 71.1 Å². The lowest BCUT2D eigenvalue weighted by Gasteiger charge is -2.31. The van der Waals surface area contributed by atoms with Crippen molar-refractivity contribution < 1.29 is 19.1 Å². The van der Waals surface area contributed by atoms with Crippen LogP contribution in [0.15, 0.2) is 48.5 Å². The number of carbonyl (C=O) groups is 2. The van der Waals surface area contributed by atoms with E-state index in [0.29, 0.717) is 24.0 Å². The number of nitrogens with zero attached hydrogens (tertiary/aromatic N) is 2. The van der Waals surface area contributed by atoms with Crippen molar-refractivity contribution in [2.75, 3.05) is 19.0 Å². The Labute approximate surface area is 218 Å². The van der Waals surface area contributed by atoms with Gasteiger partial charge in [0, 0.05) is 18.3 Å². The molecule has 1 saturated carbocycles. The Balaban J connectivity index is 1.48. The Hall–Kier alpha value is -3.13. The molecule has 1 N–H and O–H groups in total. The lowest BCUT2D eigenvalue weighted by Crippen LogP contribution is -2.42. The molecule has 4 rings (SSSR count). The van der Waals surface area contributed by atoms with E-state index in [9.17, 15) is 9.59 Å². The van der Waals surface area contributed by atoms with Gasteiger partial charge in [0.05, 0.1) is 20.1 Å². The van der Waals surface area contributed by atoms with Crippen LogP contribution in [0, 0.1) is 0 Å². The molecular formula is C28H35N3O4S. The summed E-state index contributed by atoms with van der Waals surface area (Å²) < 4.78 is 10.9. The van der Waals surface area contributed by atoms with Crippen molar-refractivity contribution in [1.29, 1.82) is 0 Å². The van der Waals surface area contributed by atoms with E-state index in [0.717, 1.165) is 49.2 Å². The SMILES string of the molecule is CCCOc1ccc(NC(=O)CC2C(=O)N(C3CCCCC3)C(=S)N2Cc2ccc(OC)cc2)cc1. The molecule has 1 heterocycles. The summed E-state index contributed by atoms with van der Waals surface area (Å²) in [5.41, 5.74) is 1.67. The predicted octanol–water partition coefficient (Wildman–Crippen LogP) is 5.14. The van der Waals surface area contributed by atoms with Crippen molar-refractivity contribution in [2.24, 2.45) is 0 Å². The standard InChI is InChI=1S/C28H35N3O4S/c1-3-17-35-24-15-11-21(12-16-24)29-26(32)18-25-27(33)31(22-7-5-4-6-8-22)28(36)30(25)19-20-9-13-23(34-2)14-10-20/h9-16,22,25H,3-8,17-19H2,1-2H3,(H,29,32). The minimum absolute atomic E-state index is 0.0342. The maximum absolute atomic E-state index is 13.6. The molecule has 0 spiro atoms. The number of hydrogen-bond donors (Lipinski definition) is 1. The van der Waals surface area contributed by atoms with Gasteiger partial charge in [-0.05, 0) is 73.4 Å². The predicted molar refractivity (Wildman–Crippen MR) is 144 cm³/mol. The number of benzene rings is 2. The van der Waals surface area contributed by atoms with E-state index in [1.54, 1.807) is 12.0 Å². The van der Waals surface area contributed by atoms with Gasteiger partial charge in [0.1, 0.15) is 17.5 Å². The van der Waals surface area contributed by atoms with Crippen LogP contribution >= 0.6 is 12.2 Å². The van der Waals surface area contributed by atoms with E-state index >= 15 is 0 Å². The van der Waals surface area contributed by atoms with Crippen molar-refractivity contribution in [1.82, 2.24) is 9.80 Å². The van der Waals surface area contributed by atoms with Gasteiger partial charge in [0.25, 0.3) is 5.91 Å². The molecule has 0 bridgehead atoms. The van der Waals surface area contributed by atoms with Crippen molar-refractivity contribution in [3.8, 4) is 11.5 Å². The molecule has 2 amide bonds. The second kappa shape index (κ2) is 12.2. The average Bonchev–Trinajstić information content (AvgIpc) is 3.13. The first-order valence-corrected chi connectivity index (χ1v) is 13.2. The van der Waals surface area contributed by atoms with Gasteiger partial charge in [0.15, 0.2) is 5.11 Å². The van der Waals surface area contributed by atoms with Gasteiger partial charge in [-0.1, -0.05) is 38.3 Å². The van der Waals surface area contributed by atoms with Crippen LogP contribution in [0.4, 0.5) is 5.69 Å². The van der Waals surface area contributed by atoms with Gasteiger partial charge >= 0.3 is 0 Å². The molecule has 1 aliphatic heterocycles.